The largest absolute Gasteiger partial charge is 0.388 e. The van der Waals surface area contributed by atoms with Crippen LogP contribution in [0.15, 0.2) is 47.9 Å². The molecule has 1 N–H and O–H groups in total. The van der Waals surface area contributed by atoms with Crippen molar-refractivity contribution in [3.63, 3.8) is 0 Å². The monoisotopic (exact) mass is 262 g/mol. The average molecular weight is 262 g/mol. The Morgan fingerprint density at radius 2 is 2.11 bits per heavy atom. The van der Waals surface area contributed by atoms with E-state index in [0.717, 1.165) is 17.9 Å². The van der Waals surface area contributed by atoms with Gasteiger partial charge in [-0.1, -0.05) is 19.1 Å². The van der Waals surface area contributed by atoms with Gasteiger partial charge in [0.25, 0.3) is 0 Å². The quantitative estimate of drug-likeness (QED) is 0.813. The van der Waals surface area contributed by atoms with E-state index in [1.54, 1.807) is 12.5 Å². The lowest BCUT2D eigenvalue weighted by Crippen LogP contribution is -2.03. The molecular formula is C14H18N2OS. The number of aliphatic hydroxyl groups is 1. The predicted molar refractivity (Wildman–Crippen MR) is 74.6 cm³/mol. The van der Waals surface area contributed by atoms with Gasteiger partial charge in [0.15, 0.2) is 0 Å². The lowest BCUT2D eigenvalue weighted by Gasteiger charge is -2.11. The van der Waals surface area contributed by atoms with E-state index in [4.69, 9.17) is 0 Å². The smallest absolute Gasteiger partial charge is 0.0945 e. The van der Waals surface area contributed by atoms with E-state index in [9.17, 15) is 5.11 Å². The molecule has 0 saturated carbocycles. The van der Waals surface area contributed by atoms with Crippen molar-refractivity contribution >= 4 is 11.8 Å². The number of nitrogens with zero attached hydrogens (tertiary/aromatic N) is 2. The third kappa shape index (κ3) is 3.62. The van der Waals surface area contributed by atoms with E-state index in [2.05, 4.69) is 24.0 Å². The number of aryl methyl sites for hydroxylation is 1. The summed E-state index contributed by atoms with van der Waals surface area (Å²) in [4.78, 5) is 5.24. The van der Waals surface area contributed by atoms with Crippen LogP contribution >= 0.6 is 11.8 Å². The lowest BCUT2D eigenvalue weighted by atomic mass is 10.1. The van der Waals surface area contributed by atoms with Gasteiger partial charge in [-0.2, -0.15) is 0 Å². The van der Waals surface area contributed by atoms with Crippen LogP contribution in [0.1, 0.15) is 25.0 Å². The van der Waals surface area contributed by atoms with Crippen LogP contribution in [-0.2, 0) is 6.54 Å². The maximum Gasteiger partial charge on any atom is 0.0945 e. The molecule has 0 aliphatic carbocycles. The minimum atomic E-state index is -0.409. The third-order valence-electron chi connectivity index (χ3n) is 2.80. The maximum absolute atomic E-state index is 10.1. The highest BCUT2D eigenvalue weighted by atomic mass is 32.2. The molecule has 1 heterocycles. The summed E-state index contributed by atoms with van der Waals surface area (Å²) in [6.07, 6.45) is 5.73. The summed E-state index contributed by atoms with van der Waals surface area (Å²) in [5, 5.41) is 10.1. The Bertz CT molecular complexity index is 453. The van der Waals surface area contributed by atoms with Gasteiger partial charge in [0, 0.05) is 23.8 Å². The van der Waals surface area contributed by atoms with Gasteiger partial charge in [-0.05, 0) is 29.9 Å². The fraction of sp³-hybridized carbons (Fsp3) is 0.357. The highest BCUT2D eigenvalue weighted by Gasteiger charge is 2.07. The van der Waals surface area contributed by atoms with Crippen LogP contribution in [0.25, 0.3) is 0 Å². The van der Waals surface area contributed by atoms with Crippen molar-refractivity contribution in [2.75, 3.05) is 5.75 Å². The predicted octanol–water partition coefficient (Wildman–Crippen LogP) is 3.12. The van der Waals surface area contributed by atoms with E-state index in [0.29, 0.717) is 6.42 Å². The van der Waals surface area contributed by atoms with Crippen LogP contribution < -0.4 is 0 Å². The van der Waals surface area contributed by atoms with Gasteiger partial charge < -0.3 is 9.67 Å². The molecule has 2 rings (SSSR count). The standard InChI is InChI=1S/C14H18N2OS/c1-2-18-13-5-3-12(4-6-13)14(17)7-9-16-10-8-15-11-16/h3-6,8,10-11,14,17H,2,7,9H2,1H3. The number of hydrogen-bond donors (Lipinski definition) is 1. The van der Waals surface area contributed by atoms with Gasteiger partial charge in [0.05, 0.1) is 12.4 Å². The fourth-order valence-corrected chi connectivity index (χ4v) is 2.47. The first kappa shape index (κ1) is 13.2. The number of hydrogen-bond acceptors (Lipinski definition) is 3. The van der Waals surface area contributed by atoms with Crippen LogP contribution in [0.5, 0.6) is 0 Å². The summed E-state index contributed by atoms with van der Waals surface area (Å²) in [5.41, 5.74) is 0.982. The summed E-state index contributed by atoms with van der Waals surface area (Å²) in [6.45, 7) is 2.92. The Hall–Kier alpha value is -1.26. The average Bonchev–Trinajstić information content (AvgIpc) is 2.90. The number of benzene rings is 1. The first-order valence-corrected chi connectivity index (χ1v) is 7.14. The molecule has 4 heteroatoms. The number of aromatic nitrogens is 2. The number of thioether (sulfide) groups is 1. The minimum absolute atomic E-state index is 0.409. The molecule has 2 aromatic rings. The Balaban J connectivity index is 1.89. The number of aliphatic hydroxyl groups excluding tert-OH is 1. The first-order chi connectivity index (χ1) is 8.79. The molecule has 0 bridgehead atoms. The highest BCUT2D eigenvalue weighted by Crippen LogP contribution is 2.22. The fourth-order valence-electron chi connectivity index (χ4n) is 1.81. The van der Waals surface area contributed by atoms with E-state index >= 15 is 0 Å². The summed E-state index contributed by atoms with van der Waals surface area (Å²) in [5.74, 6) is 1.07. The molecule has 0 aliphatic rings. The van der Waals surface area contributed by atoms with E-state index < -0.39 is 6.10 Å². The van der Waals surface area contributed by atoms with Crippen molar-refractivity contribution in [1.29, 1.82) is 0 Å². The first-order valence-electron chi connectivity index (χ1n) is 6.16. The molecule has 1 atom stereocenters. The van der Waals surface area contributed by atoms with Gasteiger partial charge in [0.1, 0.15) is 0 Å². The Morgan fingerprint density at radius 1 is 1.33 bits per heavy atom. The molecule has 0 saturated heterocycles. The third-order valence-corrected chi connectivity index (χ3v) is 3.69. The molecule has 0 fully saturated rings. The second-order valence-electron chi connectivity index (χ2n) is 4.11. The van der Waals surface area contributed by atoms with Gasteiger partial charge in [-0.25, -0.2) is 4.98 Å². The zero-order chi connectivity index (χ0) is 12.8. The topological polar surface area (TPSA) is 38.0 Å². The van der Waals surface area contributed by atoms with E-state index in [1.807, 2.05) is 34.7 Å². The van der Waals surface area contributed by atoms with Gasteiger partial charge in [-0.3, -0.25) is 0 Å². The van der Waals surface area contributed by atoms with Crippen LogP contribution in [0, 0.1) is 0 Å². The van der Waals surface area contributed by atoms with Crippen molar-refractivity contribution in [3.05, 3.63) is 48.5 Å². The maximum atomic E-state index is 10.1. The number of rotatable bonds is 6. The van der Waals surface area contributed by atoms with Crippen molar-refractivity contribution in [2.45, 2.75) is 30.9 Å². The molecule has 96 valence electrons. The van der Waals surface area contributed by atoms with Crippen molar-refractivity contribution in [2.24, 2.45) is 0 Å². The van der Waals surface area contributed by atoms with Crippen molar-refractivity contribution < 1.29 is 5.11 Å². The summed E-state index contributed by atoms with van der Waals surface area (Å²) in [6, 6.07) is 8.17. The van der Waals surface area contributed by atoms with Crippen LogP contribution in [0.3, 0.4) is 0 Å². The molecule has 1 aromatic heterocycles. The van der Waals surface area contributed by atoms with Crippen LogP contribution in [0.2, 0.25) is 0 Å². The van der Waals surface area contributed by atoms with Crippen LogP contribution in [0.4, 0.5) is 0 Å². The zero-order valence-corrected chi connectivity index (χ0v) is 11.3. The molecule has 0 radical (unpaired) electrons. The van der Waals surface area contributed by atoms with Crippen molar-refractivity contribution in [1.82, 2.24) is 9.55 Å². The van der Waals surface area contributed by atoms with Crippen LogP contribution in [-0.4, -0.2) is 20.4 Å². The lowest BCUT2D eigenvalue weighted by molar-refractivity contribution is 0.161. The molecule has 3 nitrogen and oxygen atoms in total. The van der Waals surface area contributed by atoms with Gasteiger partial charge in [-0.15, -0.1) is 11.8 Å². The second kappa shape index (κ2) is 6.61. The van der Waals surface area contributed by atoms with E-state index in [-0.39, 0.29) is 0 Å². The normalized spacial score (nSPS) is 12.6. The Labute approximate surface area is 112 Å². The second-order valence-corrected chi connectivity index (χ2v) is 5.44. The zero-order valence-electron chi connectivity index (χ0n) is 10.5. The Kier molecular flexibility index (Phi) is 4.84. The SMILES string of the molecule is CCSc1ccc(C(O)CCn2ccnc2)cc1. The molecular weight excluding hydrogens is 244 g/mol. The molecule has 0 aliphatic heterocycles. The minimum Gasteiger partial charge on any atom is -0.388 e. The molecule has 0 amide bonds. The molecule has 18 heavy (non-hydrogen) atoms. The Morgan fingerprint density at radius 3 is 2.72 bits per heavy atom. The van der Waals surface area contributed by atoms with Crippen molar-refractivity contribution in [3.8, 4) is 0 Å². The summed E-state index contributed by atoms with van der Waals surface area (Å²) >= 11 is 1.81. The molecule has 0 spiro atoms. The molecule has 1 unspecified atom stereocenters. The van der Waals surface area contributed by atoms with Gasteiger partial charge >= 0.3 is 0 Å². The van der Waals surface area contributed by atoms with Gasteiger partial charge in [0.2, 0.25) is 0 Å². The summed E-state index contributed by atoms with van der Waals surface area (Å²) in [7, 11) is 0. The summed E-state index contributed by atoms with van der Waals surface area (Å²) < 4.78 is 1.98. The van der Waals surface area contributed by atoms with E-state index in [1.165, 1.54) is 4.90 Å². The number of imidazole rings is 1. The molecule has 1 aromatic carbocycles. The highest BCUT2D eigenvalue weighted by molar-refractivity contribution is 7.99.